The van der Waals surface area contributed by atoms with Crippen molar-refractivity contribution in [2.24, 2.45) is 22.9 Å². The van der Waals surface area contributed by atoms with Gasteiger partial charge in [-0.25, -0.2) is 18.4 Å². The van der Waals surface area contributed by atoms with Gasteiger partial charge in [-0.15, -0.1) is 0 Å². The maximum atomic E-state index is 14.1. The van der Waals surface area contributed by atoms with E-state index >= 15 is 0 Å². The molecule has 280 valence electrons. The topological polar surface area (TPSA) is 303 Å². The van der Waals surface area contributed by atoms with Crippen LogP contribution in [0, 0.1) is 11.6 Å². The standard InChI is InChI=1S/C18H18F2N2O5.2C8H10N4O/c1-21-14-5-9(12(19)6-10(14)17(23)24)3-4-27-16-8-15(22-2)11(18(25)26)7-13(16)20;2*9-7(5-13)1-2-8(10)6-3-11-12-4-6/h5-8,21-22H,3-4H2,1-2H3,(H,23,24)(H,25,26);2*1-5H,9-10H2,(H,11,12)/b;2*7-1-,8-2-. The number of aromatic carboxylic acids is 2. The smallest absolute Gasteiger partial charge is 0.337 e. The molecule has 0 radical (unpaired) electrons. The summed E-state index contributed by atoms with van der Waals surface area (Å²) in [6, 6.07) is 4.31. The van der Waals surface area contributed by atoms with Crippen LogP contribution >= 0.6 is 0 Å². The van der Waals surface area contributed by atoms with Gasteiger partial charge < -0.3 is 48.5 Å². The van der Waals surface area contributed by atoms with Crippen molar-refractivity contribution in [2.75, 3.05) is 31.3 Å². The summed E-state index contributed by atoms with van der Waals surface area (Å²) in [5.74, 6) is -4.30. The minimum atomic E-state index is -1.29. The van der Waals surface area contributed by atoms with E-state index in [1.54, 1.807) is 36.9 Å². The number of hydrogen-bond donors (Lipinski definition) is 10. The molecule has 0 bridgehead atoms. The fourth-order valence-electron chi connectivity index (χ4n) is 3.97. The highest BCUT2D eigenvalue weighted by atomic mass is 19.1. The number of benzene rings is 2. The predicted molar refractivity (Wildman–Crippen MR) is 193 cm³/mol. The van der Waals surface area contributed by atoms with Gasteiger partial charge in [0, 0.05) is 67.2 Å². The molecule has 2 heterocycles. The number of aldehydes is 2. The Morgan fingerprint density at radius 3 is 1.60 bits per heavy atom. The van der Waals surface area contributed by atoms with E-state index in [0.29, 0.717) is 24.0 Å². The van der Waals surface area contributed by atoms with Crippen molar-refractivity contribution < 1.29 is 42.9 Å². The van der Waals surface area contributed by atoms with Crippen LogP contribution in [0.25, 0.3) is 11.4 Å². The molecule has 2 aromatic heterocycles. The fourth-order valence-corrected chi connectivity index (χ4v) is 3.97. The van der Waals surface area contributed by atoms with E-state index in [2.05, 4.69) is 31.0 Å². The van der Waals surface area contributed by atoms with Gasteiger partial charge in [0.25, 0.3) is 0 Å². The van der Waals surface area contributed by atoms with Crippen LogP contribution in [0.3, 0.4) is 0 Å². The molecular weight excluding hydrogens is 698 g/mol. The summed E-state index contributed by atoms with van der Waals surface area (Å²) < 4.78 is 33.4. The lowest BCUT2D eigenvalue weighted by molar-refractivity contribution is -0.105. The second-order valence-electron chi connectivity index (χ2n) is 10.3. The molecule has 0 unspecified atom stereocenters. The molecule has 53 heavy (non-hydrogen) atoms. The molecule has 4 aromatic rings. The molecule has 19 heteroatoms. The lowest BCUT2D eigenvalue weighted by atomic mass is 10.1. The molecule has 14 N–H and O–H groups in total. The molecule has 0 aliphatic heterocycles. The number of hydrogen-bond acceptors (Lipinski definition) is 13. The first-order chi connectivity index (χ1) is 25.3. The zero-order valence-corrected chi connectivity index (χ0v) is 28.4. The van der Waals surface area contributed by atoms with E-state index in [9.17, 15) is 28.0 Å². The number of aromatic nitrogens is 4. The number of carbonyl (C=O) groups is 4. The highest BCUT2D eigenvalue weighted by Crippen LogP contribution is 2.27. The van der Waals surface area contributed by atoms with Crippen LogP contribution in [0.15, 0.2) is 84.8 Å². The number of halogens is 2. The molecule has 0 spiro atoms. The number of H-pyrrole nitrogens is 2. The molecule has 0 amide bonds. The van der Waals surface area contributed by atoms with E-state index in [1.807, 2.05) is 0 Å². The van der Waals surface area contributed by atoms with E-state index < -0.39 is 23.6 Å². The van der Waals surface area contributed by atoms with Crippen LogP contribution in [0.4, 0.5) is 20.2 Å². The second-order valence-corrected chi connectivity index (χ2v) is 10.3. The van der Waals surface area contributed by atoms with Crippen LogP contribution in [0.1, 0.15) is 37.4 Å². The van der Waals surface area contributed by atoms with Crippen molar-refractivity contribution in [1.29, 1.82) is 0 Å². The van der Waals surface area contributed by atoms with Crippen LogP contribution in [-0.2, 0) is 16.0 Å². The third-order valence-electron chi connectivity index (χ3n) is 6.73. The molecule has 0 fully saturated rings. The van der Waals surface area contributed by atoms with Crippen molar-refractivity contribution in [3.63, 3.8) is 0 Å². The van der Waals surface area contributed by atoms with Gasteiger partial charge in [0.05, 0.1) is 47.2 Å². The first kappa shape index (κ1) is 41.7. The van der Waals surface area contributed by atoms with Gasteiger partial charge in [0.1, 0.15) is 5.82 Å². The molecule has 0 atom stereocenters. The Hall–Kier alpha value is -7.44. The van der Waals surface area contributed by atoms with Gasteiger partial charge in [-0.1, -0.05) is 0 Å². The quantitative estimate of drug-likeness (QED) is 0.0505. The number of nitrogens with zero attached hydrogens (tertiary/aromatic N) is 2. The molecule has 0 aliphatic rings. The molecular formula is C34H38F2N10O7. The zero-order valence-electron chi connectivity index (χ0n) is 28.4. The number of carboxylic acids is 2. The van der Waals surface area contributed by atoms with Crippen molar-refractivity contribution in [1.82, 2.24) is 20.4 Å². The number of nitrogens with two attached hydrogens (primary N) is 4. The van der Waals surface area contributed by atoms with Crippen LogP contribution in [-0.4, -0.2) is 75.8 Å². The number of ether oxygens (including phenoxy) is 1. The number of nitrogens with one attached hydrogen (secondary N) is 4. The molecule has 4 rings (SSSR count). The average Bonchev–Trinajstić information content (AvgIpc) is 3.90. The van der Waals surface area contributed by atoms with Crippen LogP contribution in [0.5, 0.6) is 5.75 Å². The highest BCUT2D eigenvalue weighted by Gasteiger charge is 2.17. The SMILES string of the molecule is CNc1cc(CCOc2cc(NC)c(C(=O)O)cc2F)c(F)cc1C(=O)O.N/C(C=O)=C\C=C(/N)c1cn[nH]c1.N/C(C=O)=C\C=C(/N)c1cn[nH]c1. The van der Waals surface area contributed by atoms with Gasteiger partial charge in [0.15, 0.2) is 24.1 Å². The highest BCUT2D eigenvalue weighted by molar-refractivity contribution is 5.95. The Morgan fingerprint density at radius 2 is 1.21 bits per heavy atom. The molecule has 0 saturated carbocycles. The summed E-state index contributed by atoms with van der Waals surface area (Å²) in [5.41, 5.74) is 24.7. The second kappa shape index (κ2) is 20.9. The Bertz CT molecular complexity index is 1850. The Morgan fingerprint density at radius 1 is 0.755 bits per heavy atom. The summed E-state index contributed by atoms with van der Waals surface area (Å²) >= 11 is 0. The normalized spacial score (nSPS) is 11.6. The molecule has 2 aromatic carbocycles. The number of allylic oxidation sites excluding steroid dienone is 6. The molecule has 0 aliphatic carbocycles. The fraction of sp³-hybridized carbons (Fsp3) is 0.118. The average molecular weight is 737 g/mol. The van der Waals surface area contributed by atoms with Crippen molar-refractivity contribution in [3.8, 4) is 5.75 Å². The largest absolute Gasteiger partial charge is 0.490 e. The first-order valence-corrected chi connectivity index (χ1v) is 15.1. The Kier molecular flexibility index (Phi) is 16.5. The van der Waals surface area contributed by atoms with Crippen molar-refractivity contribution in [3.05, 3.63) is 124 Å². The van der Waals surface area contributed by atoms with Gasteiger partial charge in [-0.2, -0.15) is 10.2 Å². The zero-order chi connectivity index (χ0) is 39.5. The van der Waals surface area contributed by atoms with Gasteiger partial charge in [0.2, 0.25) is 0 Å². The lowest BCUT2D eigenvalue weighted by Crippen LogP contribution is -2.09. The third-order valence-corrected chi connectivity index (χ3v) is 6.73. The maximum absolute atomic E-state index is 14.1. The van der Waals surface area contributed by atoms with Crippen LogP contribution < -0.4 is 38.3 Å². The van der Waals surface area contributed by atoms with E-state index in [4.69, 9.17) is 37.9 Å². The first-order valence-electron chi connectivity index (χ1n) is 15.1. The van der Waals surface area contributed by atoms with E-state index in [-0.39, 0.29) is 58.2 Å². The van der Waals surface area contributed by atoms with Gasteiger partial charge in [-0.3, -0.25) is 19.8 Å². The number of aromatic amines is 2. The van der Waals surface area contributed by atoms with Crippen molar-refractivity contribution in [2.45, 2.75) is 6.42 Å². The van der Waals surface area contributed by atoms with E-state index in [0.717, 1.165) is 23.3 Å². The third kappa shape index (κ3) is 13.1. The summed E-state index contributed by atoms with van der Waals surface area (Å²) in [5, 5.41) is 36.1. The molecule has 17 nitrogen and oxygen atoms in total. The summed E-state index contributed by atoms with van der Waals surface area (Å²) in [4.78, 5) is 42.4. The van der Waals surface area contributed by atoms with Gasteiger partial charge in [-0.05, 0) is 48.1 Å². The molecule has 0 saturated heterocycles. The monoisotopic (exact) mass is 736 g/mol. The van der Waals surface area contributed by atoms with Gasteiger partial charge >= 0.3 is 11.9 Å². The summed E-state index contributed by atoms with van der Waals surface area (Å²) in [7, 11) is 3.00. The predicted octanol–water partition coefficient (Wildman–Crippen LogP) is 2.57. The number of carbonyl (C=O) groups excluding carboxylic acids is 2. The minimum Gasteiger partial charge on any atom is -0.490 e. The van der Waals surface area contributed by atoms with E-state index in [1.165, 1.54) is 38.4 Å². The minimum absolute atomic E-state index is 0.0510. The lowest BCUT2D eigenvalue weighted by Gasteiger charge is -2.13. The Balaban J connectivity index is 0.000000311. The summed E-state index contributed by atoms with van der Waals surface area (Å²) in [6.45, 7) is -0.0982. The maximum Gasteiger partial charge on any atom is 0.337 e. The van der Waals surface area contributed by atoms with Crippen LogP contribution in [0.2, 0.25) is 0 Å². The number of carboxylic acid groups (broad SMARTS) is 2. The Labute approximate surface area is 301 Å². The number of rotatable bonds is 14. The van der Waals surface area contributed by atoms with Crippen molar-refractivity contribution >= 4 is 47.3 Å². The number of anilines is 2. The summed E-state index contributed by atoms with van der Waals surface area (Å²) in [6.07, 6.45) is 13.6.